The Bertz CT molecular complexity index is 1130. The Balaban J connectivity index is 0.000000357. The number of benzene rings is 3. The third-order valence-electron chi connectivity index (χ3n) is 5.15. The molecule has 0 radical (unpaired) electrons. The molecule has 0 aliphatic carbocycles. The van der Waals surface area contributed by atoms with E-state index in [1.807, 2.05) is 44.2 Å². The molecule has 6 nitrogen and oxygen atoms in total. The SMILES string of the molecule is C#C.COc1ccc(S(=O)(=O)N(CCCN)CC(C)C)cc1.Cc1ccc(OCc2ccccc2)cc1. The van der Waals surface area contributed by atoms with Crippen molar-refractivity contribution in [2.24, 2.45) is 11.7 Å². The number of terminal acetylenes is 1. The van der Waals surface area contributed by atoms with Crippen LogP contribution in [0.15, 0.2) is 83.8 Å². The molecule has 0 saturated carbocycles. The number of hydrogen-bond donors (Lipinski definition) is 1. The second-order valence-corrected chi connectivity index (χ2v) is 10.6. The summed E-state index contributed by atoms with van der Waals surface area (Å²) in [6, 6.07) is 24.7. The van der Waals surface area contributed by atoms with Crippen LogP contribution >= 0.6 is 0 Å². The largest absolute Gasteiger partial charge is 0.497 e. The summed E-state index contributed by atoms with van der Waals surface area (Å²) in [4.78, 5) is 0.288. The van der Waals surface area contributed by atoms with Crippen LogP contribution in [-0.4, -0.2) is 39.5 Å². The second kappa shape index (κ2) is 17.2. The normalized spacial score (nSPS) is 10.6. The predicted octanol–water partition coefficient (Wildman–Crippen LogP) is 5.51. The fourth-order valence-corrected chi connectivity index (χ4v) is 4.90. The lowest BCUT2D eigenvalue weighted by Gasteiger charge is -2.23. The number of sulfonamides is 1. The highest BCUT2D eigenvalue weighted by atomic mass is 32.2. The summed E-state index contributed by atoms with van der Waals surface area (Å²) in [6.45, 7) is 8.12. The van der Waals surface area contributed by atoms with Gasteiger partial charge in [0.05, 0.1) is 12.0 Å². The smallest absolute Gasteiger partial charge is 0.243 e. The van der Waals surface area contributed by atoms with Gasteiger partial charge in [-0.15, -0.1) is 12.8 Å². The summed E-state index contributed by atoms with van der Waals surface area (Å²) in [5.41, 5.74) is 7.93. The molecular formula is C30H40N2O4S. The Labute approximate surface area is 223 Å². The molecule has 0 heterocycles. The maximum atomic E-state index is 12.6. The maximum Gasteiger partial charge on any atom is 0.243 e. The van der Waals surface area contributed by atoms with Crippen molar-refractivity contribution in [1.29, 1.82) is 0 Å². The van der Waals surface area contributed by atoms with Gasteiger partial charge in [-0.2, -0.15) is 4.31 Å². The van der Waals surface area contributed by atoms with Gasteiger partial charge in [-0.05, 0) is 67.8 Å². The standard InChI is InChI=1S/C14H24N2O3S.C14H14O.C2H2/c1-12(2)11-16(10-4-9-15)20(17,18)14-7-5-13(19-3)6-8-14;1-12-7-9-14(10-8-12)15-11-13-5-3-2-4-6-13;1-2/h5-8,12H,4,9-11,15H2,1-3H3;2-10H,11H2,1H3;1-2H. The lowest BCUT2D eigenvalue weighted by atomic mass is 10.2. The van der Waals surface area contributed by atoms with Crippen LogP contribution in [0.5, 0.6) is 11.5 Å². The zero-order valence-electron chi connectivity index (χ0n) is 22.3. The molecule has 0 unspecified atom stereocenters. The van der Waals surface area contributed by atoms with Gasteiger partial charge in [-0.25, -0.2) is 8.42 Å². The van der Waals surface area contributed by atoms with Crippen molar-refractivity contribution < 1.29 is 17.9 Å². The summed E-state index contributed by atoms with van der Waals surface area (Å²) in [6.07, 6.45) is 8.65. The van der Waals surface area contributed by atoms with Crippen LogP contribution in [0.4, 0.5) is 0 Å². The van der Waals surface area contributed by atoms with E-state index in [2.05, 4.69) is 44.0 Å². The fraction of sp³-hybridized carbons (Fsp3) is 0.333. The van der Waals surface area contributed by atoms with Crippen molar-refractivity contribution in [3.05, 3.63) is 90.0 Å². The molecule has 0 amide bonds. The first kappa shape index (κ1) is 31.7. The van der Waals surface area contributed by atoms with E-state index >= 15 is 0 Å². The van der Waals surface area contributed by atoms with Gasteiger partial charge in [0.25, 0.3) is 0 Å². The van der Waals surface area contributed by atoms with E-state index in [1.54, 1.807) is 31.4 Å². The average molecular weight is 525 g/mol. The molecule has 2 N–H and O–H groups in total. The molecule has 0 spiro atoms. The summed E-state index contributed by atoms with van der Waals surface area (Å²) >= 11 is 0. The molecule has 37 heavy (non-hydrogen) atoms. The Morgan fingerprint density at radius 1 is 0.892 bits per heavy atom. The number of ether oxygens (including phenoxy) is 2. The highest BCUT2D eigenvalue weighted by Crippen LogP contribution is 2.20. The van der Waals surface area contributed by atoms with Crippen molar-refractivity contribution >= 4 is 10.0 Å². The van der Waals surface area contributed by atoms with Crippen molar-refractivity contribution in [1.82, 2.24) is 4.31 Å². The van der Waals surface area contributed by atoms with Gasteiger partial charge in [0, 0.05) is 13.1 Å². The summed E-state index contributed by atoms with van der Waals surface area (Å²) in [7, 11) is -1.92. The Morgan fingerprint density at radius 2 is 1.46 bits per heavy atom. The highest BCUT2D eigenvalue weighted by molar-refractivity contribution is 7.89. The Hall–Kier alpha value is -3.31. The predicted molar refractivity (Wildman–Crippen MR) is 152 cm³/mol. The van der Waals surface area contributed by atoms with Crippen molar-refractivity contribution in [2.75, 3.05) is 26.7 Å². The van der Waals surface area contributed by atoms with Crippen molar-refractivity contribution in [2.45, 2.75) is 38.7 Å². The highest BCUT2D eigenvalue weighted by Gasteiger charge is 2.24. The number of nitrogens with zero attached hydrogens (tertiary/aromatic N) is 1. The van der Waals surface area contributed by atoms with Crippen LogP contribution < -0.4 is 15.2 Å². The molecular weight excluding hydrogens is 484 g/mol. The van der Waals surface area contributed by atoms with E-state index in [4.69, 9.17) is 15.2 Å². The lowest BCUT2D eigenvalue weighted by Crippen LogP contribution is -2.35. The summed E-state index contributed by atoms with van der Waals surface area (Å²) in [5, 5.41) is 0. The minimum Gasteiger partial charge on any atom is -0.497 e. The number of rotatable bonds is 11. The second-order valence-electron chi connectivity index (χ2n) is 8.66. The minimum atomic E-state index is -3.47. The van der Waals surface area contributed by atoms with E-state index in [-0.39, 0.29) is 10.8 Å². The van der Waals surface area contributed by atoms with Gasteiger partial charge < -0.3 is 15.2 Å². The summed E-state index contributed by atoms with van der Waals surface area (Å²) < 4.78 is 37.4. The van der Waals surface area contributed by atoms with Crippen LogP contribution in [0, 0.1) is 25.7 Å². The number of nitrogens with two attached hydrogens (primary N) is 1. The molecule has 0 saturated heterocycles. The van der Waals surface area contributed by atoms with E-state index in [1.165, 1.54) is 15.4 Å². The van der Waals surface area contributed by atoms with Crippen LogP contribution in [0.25, 0.3) is 0 Å². The molecule has 7 heteroatoms. The van der Waals surface area contributed by atoms with Gasteiger partial charge >= 0.3 is 0 Å². The van der Waals surface area contributed by atoms with E-state index < -0.39 is 10.0 Å². The maximum absolute atomic E-state index is 12.6. The van der Waals surface area contributed by atoms with Crippen LogP contribution in [-0.2, 0) is 16.6 Å². The molecule has 3 aromatic rings. The third kappa shape index (κ3) is 11.5. The molecule has 0 bridgehead atoms. The van der Waals surface area contributed by atoms with E-state index in [9.17, 15) is 8.42 Å². The first-order valence-corrected chi connectivity index (χ1v) is 13.6. The third-order valence-corrected chi connectivity index (χ3v) is 7.03. The van der Waals surface area contributed by atoms with E-state index in [0.717, 1.165) is 5.75 Å². The molecule has 0 atom stereocenters. The molecule has 3 aromatic carbocycles. The van der Waals surface area contributed by atoms with Gasteiger partial charge in [-0.1, -0.05) is 61.9 Å². The lowest BCUT2D eigenvalue weighted by molar-refractivity contribution is 0.306. The zero-order valence-corrected chi connectivity index (χ0v) is 23.2. The first-order chi connectivity index (χ1) is 17.8. The topological polar surface area (TPSA) is 81.9 Å². The summed E-state index contributed by atoms with van der Waals surface area (Å²) in [5.74, 6) is 1.83. The average Bonchev–Trinajstić information content (AvgIpc) is 2.92. The minimum absolute atomic E-state index is 0.265. The first-order valence-electron chi connectivity index (χ1n) is 12.2. The molecule has 200 valence electrons. The van der Waals surface area contributed by atoms with Crippen LogP contribution in [0.3, 0.4) is 0 Å². The van der Waals surface area contributed by atoms with Gasteiger partial charge in [-0.3, -0.25) is 0 Å². The van der Waals surface area contributed by atoms with Crippen LogP contribution in [0.2, 0.25) is 0 Å². The van der Waals surface area contributed by atoms with Gasteiger partial charge in [0.1, 0.15) is 18.1 Å². The molecule has 0 aliphatic heterocycles. The van der Waals surface area contributed by atoms with Gasteiger partial charge in [0.2, 0.25) is 10.0 Å². The monoisotopic (exact) mass is 524 g/mol. The number of aryl methyl sites for hydroxylation is 1. The Kier molecular flexibility index (Phi) is 14.7. The Morgan fingerprint density at radius 3 is 1.97 bits per heavy atom. The molecule has 0 fully saturated rings. The fourth-order valence-electron chi connectivity index (χ4n) is 3.26. The molecule has 3 rings (SSSR count). The molecule has 0 aromatic heterocycles. The van der Waals surface area contributed by atoms with Crippen molar-refractivity contribution in [3.63, 3.8) is 0 Å². The number of methoxy groups -OCH3 is 1. The quantitative estimate of drug-likeness (QED) is 0.334. The van der Waals surface area contributed by atoms with Gasteiger partial charge in [0.15, 0.2) is 0 Å². The zero-order chi connectivity index (χ0) is 27.7. The van der Waals surface area contributed by atoms with E-state index in [0.29, 0.717) is 38.4 Å². The molecule has 0 aliphatic rings. The van der Waals surface area contributed by atoms with Crippen LogP contribution in [0.1, 0.15) is 31.4 Å². The van der Waals surface area contributed by atoms with Crippen molar-refractivity contribution in [3.8, 4) is 24.3 Å². The number of hydrogen-bond acceptors (Lipinski definition) is 5.